The van der Waals surface area contributed by atoms with Gasteiger partial charge in [0, 0.05) is 112 Å². The Labute approximate surface area is 471 Å². The Hall–Kier alpha value is -6.28. The van der Waals surface area contributed by atoms with E-state index in [0.29, 0.717) is 42.5 Å². The number of piperidine rings is 1. The monoisotopic (exact) mass is 1160 g/mol. The summed E-state index contributed by atoms with van der Waals surface area (Å²) in [5, 5.41) is 5.79. The molecule has 1 aliphatic carbocycles. The molecule has 4 aliphatic heterocycles. The second kappa shape index (κ2) is 24.4. The fraction of sp³-hybridized carbons (Fsp3) is 0.448. The molecule has 3 fully saturated rings. The first kappa shape index (κ1) is 58.4. The van der Waals surface area contributed by atoms with Crippen LogP contribution in [0.1, 0.15) is 103 Å². The molecule has 0 radical (unpaired) electrons. The predicted octanol–water partition coefficient (Wildman–Crippen LogP) is 7.55. The van der Waals surface area contributed by atoms with Crippen molar-refractivity contribution < 1.29 is 49.2 Å². The molecule has 80 heavy (non-hydrogen) atoms. The zero-order valence-electron chi connectivity index (χ0n) is 44.8. The summed E-state index contributed by atoms with van der Waals surface area (Å²) in [6, 6.07) is 21.5. The number of piperazine rings is 2. The van der Waals surface area contributed by atoms with Crippen LogP contribution in [0.15, 0.2) is 100 Å². The highest BCUT2D eigenvalue weighted by Crippen LogP contribution is 2.43. The molecule has 3 saturated heterocycles. The van der Waals surface area contributed by atoms with Crippen molar-refractivity contribution in [2.24, 2.45) is 5.41 Å². The number of allylic oxidation sites excluding steroid dienone is 1. The molecule has 16 nitrogen and oxygen atoms in total. The van der Waals surface area contributed by atoms with Gasteiger partial charge in [-0.3, -0.25) is 29.4 Å². The van der Waals surface area contributed by atoms with Crippen LogP contribution in [0.3, 0.4) is 0 Å². The van der Waals surface area contributed by atoms with Gasteiger partial charge in [0.05, 0.1) is 10.6 Å². The minimum atomic E-state index is -6.03. The predicted molar refractivity (Wildman–Crippen MR) is 300 cm³/mol. The van der Waals surface area contributed by atoms with E-state index >= 15 is 0 Å². The van der Waals surface area contributed by atoms with Crippen LogP contribution in [-0.2, 0) is 36.0 Å². The van der Waals surface area contributed by atoms with Gasteiger partial charge in [-0.2, -0.15) is 13.2 Å². The third-order valence-electron chi connectivity index (χ3n) is 15.7. The van der Waals surface area contributed by atoms with Crippen LogP contribution in [0.4, 0.5) is 24.5 Å². The number of nitrogens with zero attached hydrogens (tertiary/aromatic N) is 5. The summed E-state index contributed by atoms with van der Waals surface area (Å²) < 4.78 is 96.7. The molecule has 0 aromatic heterocycles. The Kier molecular flexibility index (Phi) is 17.8. The lowest BCUT2D eigenvalue weighted by molar-refractivity contribution is -0.136. The van der Waals surface area contributed by atoms with E-state index in [2.05, 4.69) is 68.1 Å². The Bertz CT molecular complexity index is 3330. The fourth-order valence-corrected chi connectivity index (χ4v) is 13.4. The fourth-order valence-electron chi connectivity index (χ4n) is 11.2. The topological polar surface area (TPSA) is 189 Å². The van der Waals surface area contributed by atoms with Gasteiger partial charge in [-0.05, 0) is 147 Å². The van der Waals surface area contributed by atoms with Crippen molar-refractivity contribution in [3.05, 3.63) is 123 Å². The van der Waals surface area contributed by atoms with E-state index in [4.69, 9.17) is 11.6 Å². The van der Waals surface area contributed by atoms with Crippen LogP contribution in [0.25, 0.3) is 5.57 Å². The van der Waals surface area contributed by atoms with Crippen molar-refractivity contribution >= 4 is 72.0 Å². The molecule has 4 aromatic carbocycles. The molecule has 0 saturated carbocycles. The zero-order chi connectivity index (χ0) is 57.0. The highest BCUT2D eigenvalue weighted by Gasteiger charge is 2.48. The van der Waals surface area contributed by atoms with Crippen LogP contribution < -0.4 is 20.3 Å². The number of nitrogens with one attached hydrogen (secondary N) is 3. The number of imide groups is 1. The molecule has 4 amide bonds. The van der Waals surface area contributed by atoms with Gasteiger partial charge in [-0.15, -0.1) is 0 Å². The number of benzene rings is 4. The number of anilines is 2. The lowest BCUT2D eigenvalue weighted by Crippen LogP contribution is -2.52. The van der Waals surface area contributed by atoms with Crippen molar-refractivity contribution in [1.29, 1.82) is 0 Å². The number of carbonyl (C=O) groups excluding carboxylic acids is 4. The number of sulfonamides is 1. The summed E-state index contributed by atoms with van der Waals surface area (Å²) in [5.41, 5.74) is 1.00. The number of unbranched alkanes of at least 4 members (excludes halogenated alkanes) is 1. The lowest BCUT2D eigenvalue weighted by atomic mass is 9.73. The minimum Gasteiger partial charge on any atom is -0.384 e. The van der Waals surface area contributed by atoms with E-state index < -0.39 is 58.7 Å². The molecule has 3 N–H and O–H groups in total. The molecule has 426 valence electrons. The average molecular weight is 1160 g/mol. The third-order valence-corrected chi connectivity index (χ3v) is 18.8. The molecular formula is C58H66ClF3N8O8S2. The summed E-state index contributed by atoms with van der Waals surface area (Å²) in [6.45, 7) is 13.4. The van der Waals surface area contributed by atoms with Crippen LogP contribution in [0.5, 0.6) is 0 Å². The number of sulfone groups is 1. The second-order valence-electron chi connectivity index (χ2n) is 21.9. The highest BCUT2D eigenvalue weighted by molar-refractivity contribution is 7.92. The number of halogens is 4. The first-order valence-corrected chi connectivity index (χ1v) is 30.4. The summed E-state index contributed by atoms with van der Waals surface area (Å²) in [4.78, 5) is 58.9. The van der Waals surface area contributed by atoms with Crippen molar-refractivity contribution in [1.82, 2.24) is 29.6 Å². The van der Waals surface area contributed by atoms with Crippen molar-refractivity contribution in [2.45, 2.75) is 93.1 Å². The van der Waals surface area contributed by atoms with Crippen molar-refractivity contribution in [3.8, 4) is 11.8 Å². The maximum atomic E-state index is 14.0. The molecule has 22 heteroatoms. The highest BCUT2D eigenvalue weighted by atomic mass is 35.5. The summed E-state index contributed by atoms with van der Waals surface area (Å²) >= 11 is 6.19. The van der Waals surface area contributed by atoms with Gasteiger partial charge in [0.2, 0.25) is 11.8 Å². The molecule has 0 bridgehead atoms. The van der Waals surface area contributed by atoms with Crippen LogP contribution >= 0.6 is 11.6 Å². The number of carbonyl (C=O) groups is 4. The number of alkyl halides is 3. The van der Waals surface area contributed by atoms with E-state index in [0.717, 1.165) is 120 Å². The first-order valence-electron chi connectivity index (χ1n) is 27.1. The Morgan fingerprint density at radius 2 is 1.49 bits per heavy atom. The van der Waals surface area contributed by atoms with Gasteiger partial charge >= 0.3 is 5.51 Å². The van der Waals surface area contributed by atoms with Crippen molar-refractivity contribution in [2.75, 3.05) is 88.8 Å². The van der Waals surface area contributed by atoms with Gasteiger partial charge in [0.1, 0.15) is 10.9 Å². The SMILES string of the molecule is CC1(C)CCC(c2ccc(Cl)cc2)=C(CN2CCN(c3ccc(C(=O)NS(=O)(=O)c4ccc(NCCCN5CCN(CCCC#Cc6ccc7c(c6)CN(C6CCC(=O)NC6=O)C7=O)CC5)c(S(=O)(=O)C(F)(F)F)c4)cc3)CC2)C1. The van der Waals surface area contributed by atoms with E-state index in [1.54, 1.807) is 24.3 Å². The van der Waals surface area contributed by atoms with Gasteiger partial charge in [-0.25, -0.2) is 21.6 Å². The Balaban J connectivity index is 0.718. The average Bonchev–Trinajstić information content (AvgIpc) is 3.76. The van der Waals surface area contributed by atoms with Crippen LogP contribution in [0.2, 0.25) is 5.02 Å². The van der Waals surface area contributed by atoms with Crippen LogP contribution in [-0.4, -0.2) is 150 Å². The number of amides is 4. The summed E-state index contributed by atoms with van der Waals surface area (Å²) in [6.07, 6.45) is 5.54. The maximum absolute atomic E-state index is 14.0. The summed E-state index contributed by atoms with van der Waals surface area (Å²) in [7, 11) is -10.9. The summed E-state index contributed by atoms with van der Waals surface area (Å²) in [5.74, 6) is 4.32. The smallest absolute Gasteiger partial charge is 0.384 e. The minimum absolute atomic E-state index is 0.0140. The maximum Gasteiger partial charge on any atom is 0.501 e. The van der Waals surface area contributed by atoms with E-state index in [1.165, 1.54) is 33.7 Å². The quantitative estimate of drug-likeness (QED) is 0.0535. The van der Waals surface area contributed by atoms with Gasteiger partial charge in [0.25, 0.3) is 31.7 Å². The third kappa shape index (κ3) is 13.9. The zero-order valence-corrected chi connectivity index (χ0v) is 47.2. The number of hydrogen-bond donors (Lipinski definition) is 3. The number of fused-ring (bicyclic) bond motifs is 1. The second-order valence-corrected chi connectivity index (χ2v) is 26.0. The molecule has 5 aliphatic rings. The lowest BCUT2D eigenvalue weighted by Gasteiger charge is -2.39. The normalized spacial score (nSPS) is 19.6. The molecule has 0 spiro atoms. The van der Waals surface area contributed by atoms with Gasteiger partial charge in [0.15, 0.2) is 0 Å². The van der Waals surface area contributed by atoms with E-state index in [9.17, 15) is 49.2 Å². The van der Waals surface area contributed by atoms with Gasteiger partial charge in [-0.1, -0.05) is 55.0 Å². The molecule has 4 aromatic rings. The molecule has 9 rings (SSSR count). The number of hydrogen-bond acceptors (Lipinski definition) is 13. The van der Waals surface area contributed by atoms with E-state index in [-0.39, 0.29) is 42.3 Å². The van der Waals surface area contributed by atoms with Crippen molar-refractivity contribution in [3.63, 3.8) is 0 Å². The largest absolute Gasteiger partial charge is 0.501 e. The van der Waals surface area contributed by atoms with Crippen LogP contribution in [0, 0.1) is 17.3 Å². The Morgan fingerprint density at radius 3 is 2.16 bits per heavy atom. The van der Waals surface area contributed by atoms with E-state index in [1.807, 2.05) is 22.9 Å². The Morgan fingerprint density at radius 1 is 0.812 bits per heavy atom. The van der Waals surface area contributed by atoms with Gasteiger partial charge < -0.3 is 24.9 Å². The molecule has 1 unspecified atom stereocenters. The first-order chi connectivity index (χ1) is 38.0. The molecule has 1 atom stereocenters. The standard InChI is InChI=1S/C58H66ClF3N8O8S2/c1-57(2)23-22-48(41-9-13-45(59)14-10-41)44(37-57)38-68-31-33-69(34-32-68)46-15-11-42(12-16-46)54(72)65-80(77,78)47-17-19-50(52(36-47)79(75,76)58(60,61)62)63-24-6-26-67-29-27-66(28-30-67)25-5-3-4-7-40-8-18-49-43(35-40)39-70(56(49)74)51-20-21-53(71)64-55(51)73/h8-19,35-36,51,63H,3,5-6,20-34,37-39H2,1-2H3,(H,65,72)(H,64,71,73). The molecule has 4 heterocycles. The molecular weight excluding hydrogens is 1090 g/mol. The number of rotatable bonds is 17.